The summed E-state index contributed by atoms with van der Waals surface area (Å²) in [6.45, 7) is 0.492. The molecule has 5 heteroatoms. The van der Waals surface area contributed by atoms with Gasteiger partial charge >= 0.3 is 6.18 Å². The van der Waals surface area contributed by atoms with Gasteiger partial charge in [-0.2, -0.15) is 13.2 Å². The van der Waals surface area contributed by atoms with E-state index in [0.29, 0.717) is 13.1 Å². The standard InChI is InChI=1S/C6H10F3N.C2H6O/c7-6(8,9)5-10-3-1-2-4-10;1-3-2/h1-5H2;1-2H3. The van der Waals surface area contributed by atoms with Gasteiger partial charge in [0, 0.05) is 14.2 Å². The highest BCUT2D eigenvalue weighted by Gasteiger charge is 2.31. The molecule has 1 saturated heterocycles. The third-order valence-electron chi connectivity index (χ3n) is 1.60. The van der Waals surface area contributed by atoms with Crippen molar-refractivity contribution in [2.45, 2.75) is 19.0 Å². The van der Waals surface area contributed by atoms with Crippen LogP contribution in [0.25, 0.3) is 0 Å². The van der Waals surface area contributed by atoms with Crippen LogP contribution < -0.4 is 0 Å². The first-order valence-corrected chi connectivity index (χ1v) is 4.19. The Bertz CT molecular complexity index is 121. The minimum Gasteiger partial charge on any atom is -0.388 e. The van der Waals surface area contributed by atoms with E-state index in [1.807, 2.05) is 0 Å². The van der Waals surface area contributed by atoms with Gasteiger partial charge in [0.05, 0.1) is 6.54 Å². The molecule has 0 N–H and O–H groups in total. The molecular formula is C8H16F3NO. The molecule has 1 aliphatic heterocycles. The van der Waals surface area contributed by atoms with E-state index in [2.05, 4.69) is 4.74 Å². The maximum Gasteiger partial charge on any atom is 0.401 e. The van der Waals surface area contributed by atoms with E-state index >= 15 is 0 Å². The van der Waals surface area contributed by atoms with Crippen LogP contribution in [0.4, 0.5) is 13.2 Å². The van der Waals surface area contributed by atoms with Crippen molar-refractivity contribution in [3.63, 3.8) is 0 Å². The number of nitrogens with zero attached hydrogens (tertiary/aromatic N) is 1. The second-order valence-electron chi connectivity index (χ2n) is 3.01. The van der Waals surface area contributed by atoms with E-state index in [0.717, 1.165) is 12.8 Å². The lowest BCUT2D eigenvalue weighted by Crippen LogP contribution is -2.31. The molecule has 13 heavy (non-hydrogen) atoms. The highest BCUT2D eigenvalue weighted by molar-refractivity contribution is 4.68. The molecule has 1 rings (SSSR count). The molecule has 0 unspecified atom stereocenters. The van der Waals surface area contributed by atoms with Crippen LogP contribution in [0.15, 0.2) is 0 Å². The minimum atomic E-state index is -4.01. The molecule has 0 aliphatic carbocycles. The summed E-state index contributed by atoms with van der Waals surface area (Å²) in [5.74, 6) is 0. The van der Waals surface area contributed by atoms with Gasteiger partial charge in [-0.15, -0.1) is 0 Å². The number of alkyl halides is 3. The zero-order chi connectivity index (χ0) is 10.3. The molecule has 0 amide bonds. The van der Waals surface area contributed by atoms with Crippen LogP contribution in [-0.4, -0.2) is 44.9 Å². The Balaban J connectivity index is 0.000000424. The third-order valence-corrected chi connectivity index (χ3v) is 1.60. The highest BCUT2D eigenvalue weighted by Crippen LogP contribution is 2.19. The van der Waals surface area contributed by atoms with Gasteiger partial charge in [-0.25, -0.2) is 0 Å². The third kappa shape index (κ3) is 8.05. The van der Waals surface area contributed by atoms with Gasteiger partial charge in [-0.3, -0.25) is 4.90 Å². The highest BCUT2D eigenvalue weighted by atomic mass is 19.4. The summed E-state index contributed by atoms with van der Waals surface area (Å²) in [7, 11) is 3.25. The number of halogens is 3. The van der Waals surface area contributed by atoms with E-state index < -0.39 is 12.7 Å². The number of likely N-dealkylation sites (tertiary alicyclic amines) is 1. The first kappa shape index (κ1) is 12.7. The van der Waals surface area contributed by atoms with Gasteiger partial charge in [0.1, 0.15) is 0 Å². The Hall–Kier alpha value is -0.290. The maximum absolute atomic E-state index is 11.7. The van der Waals surface area contributed by atoms with Crippen molar-refractivity contribution in [3.05, 3.63) is 0 Å². The van der Waals surface area contributed by atoms with E-state index in [9.17, 15) is 13.2 Å². The fraction of sp³-hybridized carbons (Fsp3) is 1.00. The summed E-state index contributed by atoms with van der Waals surface area (Å²) in [6, 6.07) is 0. The zero-order valence-electron chi connectivity index (χ0n) is 8.02. The van der Waals surface area contributed by atoms with E-state index in [-0.39, 0.29) is 0 Å². The molecule has 1 heterocycles. The Labute approximate surface area is 76.7 Å². The molecule has 0 bridgehead atoms. The summed E-state index contributed by atoms with van der Waals surface area (Å²) in [5, 5.41) is 0. The smallest absolute Gasteiger partial charge is 0.388 e. The Morgan fingerprint density at radius 1 is 1.15 bits per heavy atom. The van der Waals surface area contributed by atoms with Crippen molar-refractivity contribution >= 4 is 0 Å². The van der Waals surface area contributed by atoms with Gasteiger partial charge in [0.2, 0.25) is 0 Å². The van der Waals surface area contributed by atoms with Crippen molar-refractivity contribution in [3.8, 4) is 0 Å². The van der Waals surface area contributed by atoms with Crippen LogP contribution >= 0.6 is 0 Å². The summed E-state index contributed by atoms with van der Waals surface area (Å²) < 4.78 is 39.2. The lowest BCUT2D eigenvalue weighted by Gasteiger charge is -2.16. The Kier molecular flexibility index (Phi) is 6.07. The van der Waals surface area contributed by atoms with Crippen LogP contribution in [0, 0.1) is 0 Å². The summed E-state index contributed by atoms with van der Waals surface area (Å²) in [5.41, 5.74) is 0. The molecule has 0 aromatic rings. The van der Waals surface area contributed by atoms with Gasteiger partial charge in [-0.05, 0) is 25.9 Å². The molecule has 0 atom stereocenters. The zero-order valence-corrected chi connectivity index (χ0v) is 8.02. The Morgan fingerprint density at radius 2 is 1.54 bits per heavy atom. The molecule has 0 spiro atoms. The molecule has 80 valence electrons. The molecule has 1 fully saturated rings. The van der Waals surface area contributed by atoms with E-state index in [1.165, 1.54) is 4.90 Å². The number of hydrogen-bond acceptors (Lipinski definition) is 2. The largest absolute Gasteiger partial charge is 0.401 e. The number of ether oxygens (including phenoxy) is 1. The molecule has 0 saturated carbocycles. The van der Waals surface area contributed by atoms with Crippen molar-refractivity contribution in [2.75, 3.05) is 33.9 Å². The topological polar surface area (TPSA) is 12.5 Å². The van der Waals surface area contributed by atoms with Crippen molar-refractivity contribution < 1.29 is 17.9 Å². The number of methoxy groups -OCH3 is 1. The van der Waals surface area contributed by atoms with Crippen molar-refractivity contribution in [2.24, 2.45) is 0 Å². The molecule has 2 nitrogen and oxygen atoms in total. The average molecular weight is 199 g/mol. The van der Waals surface area contributed by atoms with Crippen LogP contribution in [0.2, 0.25) is 0 Å². The SMILES string of the molecule is COC.FC(F)(F)CN1CCCC1. The predicted octanol–water partition coefficient (Wildman–Crippen LogP) is 1.91. The van der Waals surface area contributed by atoms with Crippen LogP contribution in [0.3, 0.4) is 0 Å². The lowest BCUT2D eigenvalue weighted by atomic mass is 10.4. The molecular weight excluding hydrogens is 183 g/mol. The van der Waals surface area contributed by atoms with Crippen LogP contribution in [0.1, 0.15) is 12.8 Å². The van der Waals surface area contributed by atoms with Crippen LogP contribution in [-0.2, 0) is 4.74 Å². The Morgan fingerprint density at radius 3 is 1.85 bits per heavy atom. The quantitative estimate of drug-likeness (QED) is 0.639. The van der Waals surface area contributed by atoms with Crippen molar-refractivity contribution in [1.29, 1.82) is 0 Å². The van der Waals surface area contributed by atoms with E-state index in [1.54, 1.807) is 14.2 Å². The normalized spacial score (nSPS) is 18.2. The molecule has 0 aromatic heterocycles. The summed E-state index contributed by atoms with van der Waals surface area (Å²) >= 11 is 0. The fourth-order valence-corrected chi connectivity index (χ4v) is 1.19. The van der Waals surface area contributed by atoms with Crippen molar-refractivity contribution in [1.82, 2.24) is 4.90 Å². The van der Waals surface area contributed by atoms with Gasteiger partial charge < -0.3 is 4.74 Å². The summed E-state index contributed by atoms with van der Waals surface area (Å²) in [4.78, 5) is 1.44. The van der Waals surface area contributed by atoms with Gasteiger partial charge in [0.25, 0.3) is 0 Å². The van der Waals surface area contributed by atoms with E-state index in [4.69, 9.17) is 0 Å². The van der Waals surface area contributed by atoms with Crippen LogP contribution in [0.5, 0.6) is 0 Å². The first-order chi connectivity index (χ1) is 5.99. The number of hydrogen-bond donors (Lipinski definition) is 0. The molecule has 1 aliphatic rings. The van der Waals surface area contributed by atoms with Gasteiger partial charge in [-0.1, -0.05) is 0 Å². The molecule has 0 aromatic carbocycles. The second-order valence-corrected chi connectivity index (χ2v) is 3.01. The minimum absolute atomic E-state index is 0.611. The first-order valence-electron chi connectivity index (χ1n) is 4.19. The predicted molar refractivity (Wildman–Crippen MR) is 44.7 cm³/mol. The monoisotopic (exact) mass is 199 g/mol. The molecule has 0 radical (unpaired) electrons. The number of rotatable bonds is 1. The van der Waals surface area contributed by atoms with Gasteiger partial charge in [0.15, 0.2) is 0 Å². The second kappa shape index (κ2) is 6.21. The summed E-state index contributed by atoms with van der Waals surface area (Å²) in [6.07, 6.45) is -2.18. The lowest BCUT2D eigenvalue weighted by molar-refractivity contribution is -0.143. The fourth-order valence-electron chi connectivity index (χ4n) is 1.19. The maximum atomic E-state index is 11.7. The average Bonchev–Trinajstić information content (AvgIpc) is 2.37.